The van der Waals surface area contributed by atoms with Crippen LogP contribution in [0.1, 0.15) is 29.9 Å². The summed E-state index contributed by atoms with van der Waals surface area (Å²) >= 11 is 2.02. The molecule has 0 radical (unpaired) electrons. The van der Waals surface area contributed by atoms with Gasteiger partial charge in [-0.2, -0.15) is 17.0 Å². The van der Waals surface area contributed by atoms with Crippen LogP contribution < -0.4 is 0 Å². The molecule has 0 aromatic carbocycles. The van der Waals surface area contributed by atoms with Gasteiger partial charge in [-0.15, -0.1) is 0 Å². The second-order valence-corrected chi connectivity index (χ2v) is 4.73. The predicted octanol–water partition coefficient (Wildman–Crippen LogP) is 2.56. The molecule has 1 saturated heterocycles. The molecule has 14 heavy (non-hydrogen) atoms. The first kappa shape index (κ1) is 9.54. The van der Waals surface area contributed by atoms with Crippen LogP contribution in [0, 0.1) is 11.3 Å². The molecule has 0 unspecified atom stereocenters. The number of aromatic nitrogens is 1. The largest absolute Gasteiger partial charge is 0.263 e. The molecule has 1 aromatic heterocycles. The van der Waals surface area contributed by atoms with Crippen LogP contribution in [-0.2, 0) is 0 Å². The van der Waals surface area contributed by atoms with Crippen LogP contribution in [0.2, 0.25) is 0 Å². The summed E-state index contributed by atoms with van der Waals surface area (Å²) in [5, 5.41) is 8.77. The lowest BCUT2D eigenvalue weighted by molar-refractivity contribution is 0.634. The third kappa shape index (κ3) is 2.08. The van der Waals surface area contributed by atoms with Crippen molar-refractivity contribution in [3.8, 4) is 6.07 Å². The highest BCUT2D eigenvalue weighted by Crippen LogP contribution is 2.31. The van der Waals surface area contributed by atoms with Gasteiger partial charge in [0, 0.05) is 12.4 Å². The van der Waals surface area contributed by atoms with Crippen molar-refractivity contribution in [2.24, 2.45) is 0 Å². The van der Waals surface area contributed by atoms with Crippen LogP contribution in [-0.4, -0.2) is 16.5 Å². The Balaban J connectivity index is 2.18. The molecule has 1 aliphatic heterocycles. The third-order valence-corrected chi connectivity index (χ3v) is 3.63. The lowest BCUT2D eigenvalue weighted by Crippen LogP contribution is -2.08. The maximum atomic E-state index is 8.77. The van der Waals surface area contributed by atoms with Crippen molar-refractivity contribution in [1.29, 1.82) is 5.26 Å². The lowest BCUT2D eigenvalue weighted by atomic mass is 9.94. The van der Waals surface area contributed by atoms with Crippen LogP contribution in [0.3, 0.4) is 0 Å². The van der Waals surface area contributed by atoms with E-state index in [9.17, 15) is 0 Å². The molecule has 72 valence electrons. The Morgan fingerprint density at radius 2 is 2.14 bits per heavy atom. The van der Waals surface area contributed by atoms with E-state index in [2.05, 4.69) is 11.1 Å². The fraction of sp³-hybridized carbons (Fsp3) is 0.455. The molecule has 0 saturated carbocycles. The van der Waals surface area contributed by atoms with E-state index >= 15 is 0 Å². The van der Waals surface area contributed by atoms with E-state index in [0.717, 1.165) is 0 Å². The van der Waals surface area contributed by atoms with Crippen molar-refractivity contribution in [3.05, 3.63) is 29.6 Å². The summed E-state index contributed by atoms with van der Waals surface area (Å²) in [7, 11) is 0. The summed E-state index contributed by atoms with van der Waals surface area (Å²) in [6, 6.07) is 4.12. The molecule has 0 spiro atoms. The van der Waals surface area contributed by atoms with Crippen molar-refractivity contribution < 1.29 is 0 Å². The molecule has 1 aromatic rings. The molecule has 2 rings (SSSR count). The average Bonchev–Trinajstić information content (AvgIpc) is 2.30. The van der Waals surface area contributed by atoms with E-state index in [1.807, 2.05) is 24.0 Å². The molecule has 2 heterocycles. The Kier molecular flexibility index (Phi) is 3.05. The minimum absolute atomic E-state index is 0.622. The van der Waals surface area contributed by atoms with Crippen molar-refractivity contribution in [3.63, 3.8) is 0 Å². The fourth-order valence-corrected chi connectivity index (χ4v) is 2.88. The Bertz CT molecular complexity index is 351. The van der Waals surface area contributed by atoms with Gasteiger partial charge in [0.25, 0.3) is 0 Å². The maximum Gasteiger partial charge on any atom is 0.101 e. The Morgan fingerprint density at radius 3 is 2.86 bits per heavy atom. The molecular formula is C11H12N2S. The number of nitriles is 1. The van der Waals surface area contributed by atoms with Gasteiger partial charge in [-0.1, -0.05) is 0 Å². The standard InChI is InChI=1S/C11H12N2S/c12-6-9-5-11(8-13-7-9)10-1-3-14-4-2-10/h5,7-8,10H,1-4H2. The molecule has 0 atom stereocenters. The summed E-state index contributed by atoms with van der Waals surface area (Å²) in [6.07, 6.45) is 5.98. The second kappa shape index (κ2) is 4.47. The van der Waals surface area contributed by atoms with Gasteiger partial charge in [-0.25, -0.2) is 0 Å². The highest BCUT2D eigenvalue weighted by atomic mass is 32.2. The first-order chi connectivity index (χ1) is 6.90. The smallest absolute Gasteiger partial charge is 0.101 e. The number of hydrogen-bond acceptors (Lipinski definition) is 3. The highest BCUT2D eigenvalue weighted by Gasteiger charge is 2.16. The maximum absolute atomic E-state index is 8.77. The summed E-state index contributed by atoms with van der Waals surface area (Å²) in [6.45, 7) is 0. The van der Waals surface area contributed by atoms with Crippen molar-refractivity contribution in [2.75, 3.05) is 11.5 Å². The van der Waals surface area contributed by atoms with E-state index in [1.54, 1.807) is 6.20 Å². The molecule has 0 bridgehead atoms. The van der Waals surface area contributed by atoms with Crippen molar-refractivity contribution in [1.82, 2.24) is 4.98 Å². The van der Waals surface area contributed by atoms with Crippen LogP contribution in [0.25, 0.3) is 0 Å². The monoisotopic (exact) mass is 204 g/mol. The van der Waals surface area contributed by atoms with Gasteiger partial charge < -0.3 is 0 Å². The SMILES string of the molecule is N#Cc1cncc(C2CCSCC2)c1. The molecule has 2 nitrogen and oxygen atoms in total. The lowest BCUT2D eigenvalue weighted by Gasteiger charge is -2.21. The molecule has 0 N–H and O–H groups in total. The summed E-state index contributed by atoms with van der Waals surface area (Å²) in [4.78, 5) is 4.10. The number of rotatable bonds is 1. The molecule has 1 fully saturated rings. The van der Waals surface area contributed by atoms with Crippen LogP contribution in [0.4, 0.5) is 0 Å². The topological polar surface area (TPSA) is 36.7 Å². The summed E-state index contributed by atoms with van der Waals surface area (Å²) in [5.41, 5.74) is 1.92. The zero-order valence-corrected chi connectivity index (χ0v) is 8.76. The van der Waals surface area contributed by atoms with Gasteiger partial charge in [0.1, 0.15) is 6.07 Å². The first-order valence-electron chi connectivity index (χ1n) is 4.83. The predicted molar refractivity (Wildman–Crippen MR) is 58.3 cm³/mol. The molecule has 0 aliphatic carbocycles. The van der Waals surface area contributed by atoms with E-state index in [0.29, 0.717) is 11.5 Å². The number of thioether (sulfide) groups is 1. The second-order valence-electron chi connectivity index (χ2n) is 3.51. The van der Waals surface area contributed by atoms with Crippen molar-refractivity contribution in [2.45, 2.75) is 18.8 Å². The third-order valence-electron chi connectivity index (χ3n) is 2.58. The Labute approximate surface area is 88.4 Å². The summed E-state index contributed by atoms with van der Waals surface area (Å²) < 4.78 is 0. The van der Waals surface area contributed by atoms with E-state index in [-0.39, 0.29) is 0 Å². The molecule has 0 amide bonds. The Hall–Kier alpha value is -1.01. The number of nitrogens with zero attached hydrogens (tertiary/aromatic N) is 2. The quantitative estimate of drug-likeness (QED) is 0.705. The van der Waals surface area contributed by atoms with Gasteiger partial charge in [0.15, 0.2) is 0 Å². The Morgan fingerprint density at radius 1 is 1.36 bits per heavy atom. The zero-order valence-electron chi connectivity index (χ0n) is 7.94. The van der Waals surface area contributed by atoms with Crippen LogP contribution in [0.5, 0.6) is 0 Å². The number of pyridine rings is 1. The summed E-state index contributed by atoms with van der Waals surface area (Å²) in [5.74, 6) is 3.10. The van der Waals surface area contributed by atoms with Crippen LogP contribution >= 0.6 is 11.8 Å². The molecular weight excluding hydrogens is 192 g/mol. The normalized spacial score (nSPS) is 17.6. The van der Waals surface area contributed by atoms with E-state index in [4.69, 9.17) is 5.26 Å². The molecule has 3 heteroatoms. The molecule has 1 aliphatic rings. The van der Waals surface area contributed by atoms with Gasteiger partial charge in [0.2, 0.25) is 0 Å². The number of hydrogen-bond donors (Lipinski definition) is 0. The first-order valence-corrected chi connectivity index (χ1v) is 5.98. The minimum atomic E-state index is 0.622. The minimum Gasteiger partial charge on any atom is -0.263 e. The van der Waals surface area contributed by atoms with Gasteiger partial charge in [-0.05, 0) is 41.9 Å². The van der Waals surface area contributed by atoms with E-state index < -0.39 is 0 Å². The van der Waals surface area contributed by atoms with Gasteiger partial charge in [0.05, 0.1) is 5.56 Å². The van der Waals surface area contributed by atoms with E-state index in [1.165, 1.54) is 29.9 Å². The van der Waals surface area contributed by atoms with Crippen LogP contribution in [0.15, 0.2) is 18.5 Å². The highest BCUT2D eigenvalue weighted by molar-refractivity contribution is 7.99. The zero-order chi connectivity index (χ0) is 9.80. The fourth-order valence-electron chi connectivity index (χ4n) is 1.77. The average molecular weight is 204 g/mol. The van der Waals surface area contributed by atoms with Gasteiger partial charge >= 0.3 is 0 Å². The van der Waals surface area contributed by atoms with Crippen molar-refractivity contribution >= 4 is 11.8 Å². The van der Waals surface area contributed by atoms with Gasteiger partial charge in [-0.3, -0.25) is 4.98 Å².